The molecule has 0 saturated carbocycles. The number of phenolic OH excluding ortho intramolecular Hbond substituents is 1. The number of rotatable bonds is 7. The molecule has 0 spiro atoms. The number of Topliss-reactive ketones (excluding diaryl/α,β-unsaturated/α-hetero) is 1. The van der Waals surface area contributed by atoms with Crippen molar-refractivity contribution in [3.8, 4) is 5.75 Å². The van der Waals surface area contributed by atoms with Gasteiger partial charge >= 0.3 is 0 Å². The molecule has 2 rings (SSSR count). The molecule has 0 heterocycles. The van der Waals surface area contributed by atoms with E-state index in [4.69, 9.17) is 0 Å². The molecule has 1 aromatic rings. The molecule has 0 saturated heterocycles. The van der Waals surface area contributed by atoms with Gasteiger partial charge in [-0.1, -0.05) is 18.2 Å². The van der Waals surface area contributed by atoms with Crippen LogP contribution in [0.25, 0.3) is 0 Å². The van der Waals surface area contributed by atoms with E-state index in [9.17, 15) is 9.90 Å². The summed E-state index contributed by atoms with van der Waals surface area (Å²) in [7, 11) is 0. The Kier molecular flexibility index (Phi) is 5.64. The Hall–Kier alpha value is -2.71. The Morgan fingerprint density at radius 1 is 1.32 bits per heavy atom. The Bertz CT molecular complexity index is 706. The fourth-order valence-corrected chi connectivity index (χ4v) is 1.95. The Morgan fingerprint density at radius 3 is 2.86 bits per heavy atom. The number of hydrogen-bond acceptors (Lipinski definition) is 4. The summed E-state index contributed by atoms with van der Waals surface area (Å²) in [5.41, 5.74) is 4.97. The lowest BCUT2D eigenvalue weighted by atomic mass is 10.1. The zero-order valence-electron chi connectivity index (χ0n) is 12.5. The van der Waals surface area contributed by atoms with Crippen LogP contribution in [0.3, 0.4) is 0 Å². The van der Waals surface area contributed by atoms with Crippen molar-refractivity contribution >= 4 is 17.7 Å². The van der Waals surface area contributed by atoms with Crippen LogP contribution in [0, 0.1) is 0 Å². The number of carbonyl (C=O) groups is 1. The van der Waals surface area contributed by atoms with Crippen LogP contribution in [0.2, 0.25) is 0 Å². The fraction of sp³-hybridized carbons (Fsp3) is 0.222. The summed E-state index contributed by atoms with van der Waals surface area (Å²) < 4.78 is 0. The standard InChI is InChI=1S/C18H18N2O2/c1-14(12-18(22)15-6-2-3-7-15)20-11-10-19-13-16-8-4-5-9-17(16)21/h2-6,8-9,13,21H,10-12H2,1H3. The van der Waals surface area contributed by atoms with Crippen molar-refractivity contribution in [3.05, 3.63) is 59.4 Å². The number of ketones is 1. The van der Waals surface area contributed by atoms with E-state index in [0.29, 0.717) is 30.6 Å². The lowest BCUT2D eigenvalue weighted by Gasteiger charge is -1.99. The number of aliphatic imine (C=N–C) groups is 2. The number of nitrogens with zero attached hydrogens (tertiary/aromatic N) is 2. The summed E-state index contributed by atoms with van der Waals surface area (Å²) in [6, 6.07) is 7.02. The quantitative estimate of drug-likeness (QED) is 0.477. The van der Waals surface area contributed by atoms with Crippen LogP contribution in [-0.4, -0.2) is 35.9 Å². The first-order valence-corrected chi connectivity index (χ1v) is 7.11. The molecule has 0 aliphatic heterocycles. The third-order valence-electron chi connectivity index (χ3n) is 3.09. The molecule has 1 N–H and O–H groups in total. The van der Waals surface area contributed by atoms with E-state index in [1.165, 1.54) is 0 Å². The predicted molar refractivity (Wildman–Crippen MR) is 88.9 cm³/mol. The number of benzene rings is 1. The molecular formula is C18H18N2O2. The minimum Gasteiger partial charge on any atom is -0.507 e. The molecule has 0 atom stereocenters. The topological polar surface area (TPSA) is 62.0 Å². The summed E-state index contributed by atoms with van der Waals surface area (Å²) in [6.07, 6.45) is 7.22. The number of aromatic hydroxyl groups is 1. The van der Waals surface area contributed by atoms with E-state index in [2.05, 4.69) is 15.7 Å². The van der Waals surface area contributed by atoms with Gasteiger partial charge in [-0.2, -0.15) is 0 Å². The maximum Gasteiger partial charge on any atom is 0.176 e. The maximum atomic E-state index is 11.9. The van der Waals surface area contributed by atoms with E-state index in [-0.39, 0.29) is 11.5 Å². The molecule has 4 heteroatoms. The van der Waals surface area contributed by atoms with Crippen molar-refractivity contribution in [2.45, 2.75) is 13.3 Å². The summed E-state index contributed by atoms with van der Waals surface area (Å²) in [4.78, 5) is 20.4. The number of carbonyl (C=O) groups excluding carboxylic acids is 1. The molecule has 1 aliphatic rings. The number of phenols is 1. The molecule has 1 aromatic carbocycles. The molecular weight excluding hydrogens is 276 g/mol. The summed E-state index contributed by atoms with van der Waals surface area (Å²) in [5.74, 6) is 0.242. The minimum atomic E-state index is 0.0314. The third kappa shape index (κ3) is 4.69. The first-order chi connectivity index (χ1) is 10.7. The van der Waals surface area contributed by atoms with E-state index in [1.807, 2.05) is 13.0 Å². The van der Waals surface area contributed by atoms with Crippen LogP contribution in [0.4, 0.5) is 0 Å². The van der Waals surface area contributed by atoms with Crippen molar-refractivity contribution in [1.82, 2.24) is 0 Å². The molecule has 0 fully saturated rings. The van der Waals surface area contributed by atoms with Gasteiger partial charge in [0, 0.05) is 23.9 Å². The van der Waals surface area contributed by atoms with Gasteiger partial charge in [-0.15, -0.1) is 5.73 Å². The van der Waals surface area contributed by atoms with Crippen molar-refractivity contribution in [2.24, 2.45) is 9.98 Å². The number of allylic oxidation sites excluding steroid dienone is 3. The molecule has 4 nitrogen and oxygen atoms in total. The van der Waals surface area contributed by atoms with Gasteiger partial charge in [0.15, 0.2) is 5.78 Å². The van der Waals surface area contributed by atoms with Gasteiger partial charge < -0.3 is 5.11 Å². The lowest BCUT2D eigenvalue weighted by Crippen LogP contribution is -2.06. The summed E-state index contributed by atoms with van der Waals surface area (Å²) in [6.45, 7) is 2.88. The van der Waals surface area contributed by atoms with Crippen molar-refractivity contribution in [1.29, 1.82) is 0 Å². The molecule has 0 aromatic heterocycles. The smallest absolute Gasteiger partial charge is 0.176 e. The highest BCUT2D eigenvalue weighted by Gasteiger charge is 2.08. The monoisotopic (exact) mass is 294 g/mol. The third-order valence-corrected chi connectivity index (χ3v) is 3.09. The van der Waals surface area contributed by atoms with E-state index >= 15 is 0 Å². The van der Waals surface area contributed by atoms with Crippen LogP contribution in [0.1, 0.15) is 18.9 Å². The van der Waals surface area contributed by atoms with Crippen LogP contribution < -0.4 is 0 Å². The Balaban J connectivity index is 1.77. The van der Waals surface area contributed by atoms with Gasteiger partial charge in [0.25, 0.3) is 0 Å². The Morgan fingerprint density at radius 2 is 2.14 bits per heavy atom. The molecule has 0 bridgehead atoms. The van der Waals surface area contributed by atoms with Crippen molar-refractivity contribution in [2.75, 3.05) is 13.1 Å². The fourth-order valence-electron chi connectivity index (χ4n) is 1.95. The van der Waals surface area contributed by atoms with Crippen LogP contribution in [0.15, 0.2) is 63.8 Å². The summed E-state index contributed by atoms with van der Waals surface area (Å²) in [5, 5.41) is 9.59. The van der Waals surface area contributed by atoms with Gasteiger partial charge in [0.05, 0.1) is 18.7 Å². The molecule has 0 amide bonds. The van der Waals surface area contributed by atoms with Gasteiger partial charge in [-0.25, -0.2) is 0 Å². The molecule has 1 aliphatic carbocycles. The van der Waals surface area contributed by atoms with E-state index in [1.54, 1.807) is 42.6 Å². The predicted octanol–water partition coefficient (Wildman–Crippen LogP) is 2.88. The lowest BCUT2D eigenvalue weighted by molar-refractivity contribution is -0.114. The van der Waals surface area contributed by atoms with Gasteiger partial charge in [-0.3, -0.25) is 14.8 Å². The Labute approximate surface area is 129 Å². The molecule has 0 unspecified atom stereocenters. The second-order valence-corrected chi connectivity index (χ2v) is 4.89. The zero-order valence-corrected chi connectivity index (χ0v) is 12.5. The largest absolute Gasteiger partial charge is 0.507 e. The first-order valence-electron chi connectivity index (χ1n) is 7.11. The van der Waals surface area contributed by atoms with Crippen molar-refractivity contribution in [3.63, 3.8) is 0 Å². The number of para-hydroxylation sites is 1. The maximum absolute atomic E-state index is 11.9. The SMILES string of the molecule is CC(CC(=O)C1=C=CC=C1)=NCCN=Cc1ccccc1O. The van der Waals surface area contributed by atoms with E-state index < -0.39 is 0 Å². The summed E-state index contributed by atoms with van der Waals surface area (Å²) >= 11 is 0. The molecule has 0 radical (unpaired) electrons. The van der Waals surface area contributed by atoms with Crippen LogP contribution >= 0.6 is 0 Å². The first kappa shape index (κ1) is 15.7. The highest BCUT2D eigenvalue weighted by Crippen LogP contribution is 2.12. The van der Waals surface area contributed by atoms with Gasteiger partial charge in [-0.05, 0) is 31.2 Å². The molecule has 112 valence electrons. The highest BCUT2D eigenvalue weighted by molar-refractivity contribution is 6.10. The molecule has 22 heavy (non-hydrogen) atoms. The van der Waals surface area contributed by atoms with Crippen molar-refractivity contribution < 1.29 is 9.90 Å². The van der Waals surface area contributed by atoms with Crippen LogP contribution in [0.5, 0.6) is 5.75 Å². The van der Waals surface area contributed by atoms with E-state index in [0.717, 1.165) is 5.71 Å². The van der Waals surface area contributed by atoms with Gasteiger partial charge in [0.1, 0.15) is 5.75 Å². The highest BCUT2D eigenvalue weighted by atomic mass is 16.3. The minimum absolute atomic E-state index is 0.0314. The second kappa shape index (κ2) is 7.91. The normalized spacial score (nSPS) is 13.9. The average molecular weight is 294 g/mol. The zero-order chi connectivity index (χ0) is 15.8. The second-order valence-electron chi connectivity index (χ2n) is 4.89. The number of hydrogen-bond donors (Lipinski definition) is 1. The van der Waals surface area contributed by atoms with Gasteiger partial charge in [0.2, 0.25) is 0 Å². The average Bonchev–Trinajstić information content (AvgIpc) is 3.03. The van der Waals surface area contributed by atoms with Crippen LogP contribution in [-0.2, 0) is 4.79 Å².